The second-order valence-corrected chi connectivity index (χ2v) is 11.0. The van der Waals surface area contributed by atoms with Gasteiger partial charge in [-0.2, -0.15) is 4.31 Å². The van der Waals surface area contributed by atoms with Crippen LogP contribution in [0.4, 0.5) is 0 Å². The van der Waals surface area contributed by atoms with Gasteiger partial charge in [0, 0.05) is 17.5 Å². The summed E-state index contributed by atoms with van der Waals surface area (Å²) in [4.78, 5) is 27.0. The van der Waals surface area contributed by atoms with Gasteiger partial charge in [-0.25, -0.2) is 8.42 Å². The van der Waals surface area contributed by atoms with Crippen LogP contribution >= 0.6 is 11.3 Å². The summed E-state index contributed by atoms with van der Waals surface area (Å²) >= 11 is 1.44. The monoisotopic (exact) mass is 477 g/mol. The molecule has 32 heavy (non-hydrogen) atoms. The van der Waals surface area contributed by atoms with E-state index < -0.39 is 27.9 Å². The maximum absolute atomic E-state index is 13.2. The molecule has 3 heterocycles. The van der Waals surface area contributed by atoms with E-state index in [4.69, 9.17) is 9.47 Å². The summed E-state index contributed by atoms with van der Waals surface area (Å²) in [6.07, 6.45) is 3.98. The minimum Gasteiger partial charge on any atom is -0.486 e. The molecule has 1 saturated heterocycles. The molecule has 3 aliphatic rings. The smallest absolute Gasteiger partial charge is 0.279 e. The zero-order valence-corrected chi connectivity index (χ0v) is 18.9. The van der Waals surface area contributed by atoms with Gasteiger partial charge in [0.1, 0.15) is 19.3 Å². The first-order chi connectivity index (χ1) is 15.4. The Morgan fingerprint density at radius 2 is 1.84 bits per heavy atom. The van der Waals surface area contributed by atoms with Crippen LogP contribution in [0.1, 0.15) is 39.4 Å². The van der Waals surface area contributed by atoms with Gasteiger partial charge in [0.2, 0.25) is 10.0 Å². The normalized spacial score (nSPS) is 20.1. The lowest BCUT2D eigenvalue weighted by Crippen LogP contribution is -2.51. The van der Waals surface area contributed by atoms with Crippen LogP contribution in [-0.4, -0.2) is 50.3 Å². The lowest BCUT2D eigenvalue weighted by Gasteiger charge is -2.24. The van der Waals surface area contributed by atoms with Crippen LogP contribution in [0.2, 0.25) is 0 Å². The third-order valence-corrected chi connectivity index (χ3v) is 9.04. The number of thiophene rings is 1. The molecule has 1 fully saturated rings. The minimum atomic E-state index is -3.93. The van der Waals surface area contributed by atoms with E-state index in [1.54, 1.807) is 6.07 Å². The second kappa shape index (κ2) is 8.38. The van der Waals surface area contributed by atoms with Crippen LogP contribution in [0.3, 0.4) is 0 Å². The van der Waals surface area contributed by atoms with Crippen molar-refractivity contribution in [3.63, 3.8) is 0 Å². The third kappa shape index (κ3) is 3.84. The predicted octanol–water partition coefficient (Wildman–Crippen LogP) is 1.62. The molecule has 1 aromatic carbocycles. The molecule has 2 aliphatic heterocycles. The van der Waals surface area contributed by atoms with Crippen LogP contribution < -0.4 is 20.3 Å². The van der Waals surface area contributed by atoms with Gasteiger partial charge in [-0.3, -0.25) is 20.4 Å². The number of ether oxygens (including phenoxy) is 2. The van der Waals surface area contributed by atoms with Crippen molar-refractivity contribution in [2.24, 2.45) is 0 Å². The molecule has 2 amide bonds. The van der Waals surface area contributed by atoms with Crippen LogP contribution in [0.25, 0.3) is 0 Å². The van der Waals surface area contributed by atoms with Crippen molar-refractivity contribution in [3.05, 3.63) is 39.6 Å². The van der Waals surface area contributed by atoms with Gasteiger partial charge in [0.15, 0.2) is 11.5 Å². The summed E-state index contributed by atoms with van der Waals surface area (Å²) < 4.78 is 38.6. The van der Waals surface area contributed by atoms with Gasteiger partial charge in [-0.15, -0.1) is 11.3 Å². The second-order valence-electron chi connectivity index (χ2n) is 7.94. The zero-order chi connectivity index (χ0) is 22.3. The number of hydrazine groups is 1. The molecule has 9 nitrogen and oxygen atoms in total. The van der Waals surface area contributed by atoms with Gasteiger partial charge in [-0.1, -0.05) is 0 Å². The first-order valence-corrected chi connectivity index (χ1v) is 12.8. The number of benzene rings is 1. The van der Waals surface area contributed by atoms with E-state index in [9.17, 15) is 18.0 Å². The fourth-order valence-electron chi connectivity index (χ4n) is 4.31. The van der Waals surface area contributed by atoms with Gasteiger partial charge in [0.05, 0.1) is 9.77 Å². The van der Waals surface area contributed by atoms with Crippen molar-refractivity contribution >= 4 is 33.2 Å². The molecule has 5 rings (SSSR count). The average molecular weight is 478 g/mol. The number of carbonyl (C=O) groups is 2. The summed E-state index contributed by atoms with van der Waals surface area (Å²) in [7, 11) is -3.93. The summed E-state index contributed by atoms with van der Waals surface area (Å²) in [5.74, 6) is -0.0844. The summed E-state index contributed by atoms with van der Waals surface area (Å²) in [6, 6.07) is 5.40. The van der Waals surface area contributed by atoms with Crippen LogP contribution in [0.5, 0.6) is 11.5 Å². The van der Waals surface area contributed by atoms with Crippen LogP contribution in [0.15, 0.2) is 29.2 Å². The number of rotatable bonds is 4. The van der Waals surface area contributed by atoms with Crippen molar-refractivity contribution in [3.8, 4) is 11.5 Å². The largest absolute Gasteiger partial charge is 0.486 e. The highest BCUT2D eigenvalue weighted by Gasteiger charge is 2.40. The van der Waals surface area contributed by atoms with Crippen LogP contribution in [-0.2, 0) is 27.7 Å². The van der Waals surface area contributed by atoms with Crippen molar-refractivity contribution in [2.75, 3.05) is 19.8 Å². The predicted molar refractivity (Wildman–Crippen MR) is 116 cm³/mol. The van der Waals surface area contributed by atoms with E-state index >= 15 is 0 Å². The number of nitrogens with one attached hydrogen (secondary N) is 2. The SMILES string of the molecule is O=C(NNC(=O)[C@H]1CCCN1S(=O)(=O)c1ccc2c(c1)OCCO2)c1cc2c(s1)CCC2. The molecule has 2 N–H and O–H groups in total. The summed E-state index contributed by atoms with van der Waals surface area (Å²) in [6.45, 7) is 0.978. The van der Waals surface area contributed by atoms with Crippen LogP contribution in [0, 0.1) is 0 Å². The molecule has 0 saturated carbocycles. The number of sulfonamides is 1. The van der Waals surface area contributed by atoms with Crippen molar-refractivity contribution in [1.82, 2.24) is 15.2 Å². The van der Waals surface area contributed by atoms with E-state index in [0.29, 0.717) is 42.4 Å². The molecular formula is C21H23N3O6S2. The Labute approximate surface area is 189 Å². The maximum atomic E-state index is 13.2. The quantitative estimate of drug-likeness (QED) is 0.647. The average Bonchev–Trinajstić information content (AvgIpc) is 3.53. The van der Waals surface area contributed by atoms with Gasteiger partial charge in [0.25, 0.3) is 11.8 Å². The Kier molecular flexibility index (Phi) is 5.56. The highest BCUT2D eigenvalue weighted by molar-refractivity contribution is 7.89. The molecule has 0 spiro atoms. The van der Waals surface area contributed by atoms with E-state index in [0.717, 1.165) is 19.3 Å². The highest BCUT2D eigenvalue weighted by Crippen LogP contribution is 2.35. The Hall–Kier alpha value is -2.63. The molecule has 1 atom stereocenters. The standard InChI is InChI=1S/C21H23N3O6S2/c25-20(22-23-21(26)19-11-13-3-1-5-18(13)31-19)15-4-2-8-24(15)32(27,28)14-6-7-16-17(12-14)30-10-9-29-16/h6-7,11-12,15H,1-5,8-10H2,(H,22,25)(H,23,26)/t15-/m1/s1. The fraction of sp³-hybridized carbons (Fsp3) is 0.429. The lowest BCUT2D eigenvalue weighted by molar-refractivity contribution is -0.125. The van der Waals surface area contributed by atoms with Gasteiger partial charge >= 0.3 is 0 Å². The molecule has 0 bridgehead atoms. The number of amides is 2. The van der Waals surface area contributed by atoms with Gasteiger partial charge < -0.3 is 9.47 Å². The van der Waals surface area contributed by atoms with Crippen molar-refractivity contribution < 1.29 is 27.5 Å². The maximum Gasteiger partial charge on any atom is 0.279 e. The fourth-order valence-corrected chi connectivity index (χ4v) is 7.13. The first-order valence-electron chi connectivity index (χ1n) is 10.6. The highest BCUT2D eigenvalue weighted by atomic mass is 32.2. The third-order valence-electron chi connectivity index (χ3n) is 5.90. The topological polar surface area (TPSA) is 114 Å². The Balaban J connectivity index is 1.27. The number of fused-ring (bicyclic) bond motifs is 2. The number of aryl methyl sites for hydroxylation is 2. The number of hydrogen-bond donors (Lipinski definition) is 2. The molecular weight excluding hydrogens is 454 g/mol. The lowest BCUT2D eigenvalue weighted by atomic mass is 10.2. The summed E-state index contributed by atoms with van der Waals surface area (Å²) in [5, 5.41) is 0. The van der Waals surface area contributed by atoms with Gasteiger partial charge in [-0.05, 0) is 55.9 Å². The van der Waals surface area contributed by atoms with E-state index in [1.165, 1.54) is 38.2 Å². The first kappa shape index (κ1) is 21.2. The molecule has 170 valence electrons. The number of nitrogens with zero attached hydrogens (tertiary/aromatic N) is 1. The number of carbonyl (C=O) groups excluding carboxylic acids is 2. The molecule has 0 radical (unpaired) electrons. The Morgan fingerprint density at radius 3 is 2.66 bits per heavy atom. The molecule has 1 aromatic heterocycles. The molecule has 1 aliphatic carbocycles. The number of hydrogen-bond acceptors (Lipinski definition) is 7. The van der Waals surface area contributed by atoms with Crippen molar-refractivity contribution in [2.45, 2.75) is 43.0 Å². The van der Waals surface area contributed by atoms with Crippen molar-refractivity contribution in [1.29, 1.82) is 0 Å². The zero-order valence-electron chi connectivity index (χ0n) is 17.3. The molecule has 11 heteroatoms. The van der Waals surface area contributed by atoms with E-state index in [-0.39, 0.29) is 11.4 Å². The Bertz CT molecular complexity index is 1150. The molecule has 2 aromatic rings. The Morgan fingerprint density at radius 1 is 1.03 bits per heavy atom. The summed E-state index contributed by atoms with van der Waals surface area (Å²) in [5.41, 5.74) is 6.03. The molecule has 0 unspecified atom stereocenters. The minimum absolute atomic E-state index is 0.0404. The van der Waals surface area contributed by atoms with E-state index in [1.807, 2.05) is 6.07 Å². The van der Waals surface area contributed by atoms with E-state index in [2.05, 4.69) is 10.9 Å².